The van der Waals surface area contributed by atoms with Crippen molar-refractivity contribution in [1.82, 2.24) is 4.90 Å². The average Bonchev–Trinajstić information content (AvgIpc) is 2.60. The summed E-state index contributed by atoms with van der Waals surface area (Å²) in [5.41, 5.74) is 5.86. The van der Waals surface area contributed by atoms with Gasteiger partial charge < -0.3 is 20.1 Å². The Hall–Kier alpha value is -2.90. The van der Waals surface area contributed by atoms with Crippen LogP contribution in [0.2, 0.25) is 0 Å². The van der Waals surface area contributed by atoms with Crippen LogP contribution in [0.15, 0.2) is 30.3 Å². The SMILES string of the molecule is CCOc1cc(F)c(C(=O)N2CC(C(C)Oc3cccc(F)c3F)C2)cc1N. The van der Waals surface area contributed by atoms with E-state index in [9.17, 15) is 18.0 Å². The van der Waals surface area contributed by atoms with Gasteiger partial charge in [-0.3, -0.25) is 4.79 Å². The second-order valence-electron chi connectivity index (χ2n) is 6.65. The van der Waals surface area contributed by atoms with Gasteiger partial charge in [0, 0.05) is 25.1 Å². The Labute approximate surface area is 160 Å². The lowest BCUT2D eigenvalue weighted by Crippen LogP contribution is -2.55. The minimum absolute atomic E-state index is 0.0882. The molecule has 2 aromatic carbocycles. The third-order valence-corrected chi connectivity index (χ3v) is 4.72. The number of benzene rings is 2. The Morgan fingerprint density at radius 1 is 1.21 bits per heavy atom. The van der Waals surface area contributed by atoms with E-state index in [0.717, 1.165) is 12.1 Å². The Kier molecular flexibility index (Phi) is 5.67. The molecule has 8 heteroatoms. The molecule has 1 saturated heterocycles. The minimum atomic E-state index is -1.05. The minimum Gasteiger partial charge on any atom is -0.492 e. The van der Waals surface area contributed by atoms with Crippen LogP contribution in [0.1, 0.15) is 24.2 Å². The van der Waals surface area contributed by atoms with Crippen LogP contribution in [-0.4, -0.2) is 36.6 Å². The van der Waals surface area contributed by atoms with Crippen molar-refractivity contribution < 1.29 is 27.4 Å². The van der Waals surface area contributed by atoms with Crippen LogP contribution in [0.4, 0.5) is 18.9 Å². The highest BCUT2D eigenvalue weighted by Crippen LogP contribution is 2.30. The Morgan fingerprint density at radius 3 is 2.61 bits per heavy atom. The van der Waals surface area contributed by atoms with Gasteiger partial charge >= 0.3 is 0 Å². The van der Waals surface area contributed by atoms with Crippen molar-refractivity contribution in [3.63, 3.8) is 0 Å². The molecule has 0 saturated carbocycles. The Morgan fingerprint density at radius 2 is 1.93 bits per heavy atom. The number of nitrogen functional groups attached to an aromatic ring is 1. The predicted molar refractivity (Wildman–Crippen MR) is 97.8 cm³/mol. The monoisotopic (exact) mass is 394 g/mol. The van der Waals surface area contributed by atoms with Crippen LogP contribution >= 0.6 is 0 Å². The average molecular weight is 394 g/mol. The van der Waals surface area contributed by atoms with E-state index in [0.29, 0.717) is 19.7 Å². The Balaban J connectivity index is 1.62. The quantitative estimate of drug-likeness (QED) is 0.760. The van der Waals surface area contributed by atoms with Gasteiger partial charge in [-0.1, -0.05) is 6.07 Å². The van der Waals surface area contributed by atoms with Crippen molar-refractivity contribution in [3.8, 4) is 11.5 Å². The summed E-state index contributed by atoms with van der Waals surface area (Å²) in [6, 6.07) is 6.07. The number of ether oxygens (including phenoxy) is 2. The van der Waals surface area contributed by atoms with Crippen molar-refractivity contribution in [2.24, 2.45) is 5.92 Å². The fourth-order valence-corrected chi connectivity index (χ4v) is 3.03. The van der Waals surface area contributed by atoms with Crippen molar-refractivity contribution >= 4 is 11.6 Å². The summed E-state index contributed by atoms with van der Waals surface area (Å²) < 4.78 is 51.9. The van der Waals surface area contributed by atoms with E-state index >= 15 is 0 Å². The highest BCUT2D eigenvalue weighted by Gasteiger charge is 2.37. The van der Waals surface area contributed by atoms with E-state index in [4.69, 9.17) is 15.2 Å². The van der Waals surface area contributed by atoms with Gasteiger partial charge in [0.2, 0.25) is 5.82 Å². The molecule has 3 rings (SSSR count). The molecule has 1 heterocycles. The van der Waals surface area contributed by atoms with E-state index in [-0.39, 0.29) is 28.7 Å². The smallest absolute Gasteiger partial charge is 0.256 e. The summed E-state index contributed by atoms with van der Waals surface area (Å²) in [5.74, 6) is -3.31. The van der Waals surface area contributed by atoms with Crippen molar-refractivity contribution in [3.05, 3.63) is 53.3 Å². The first-order chi connectivity index (χ1) is 13.3. The third-order valence-electron chi connectivity index (χ3n) is 4.72. The number of amides is 1. The summed E-state index contributed by atoms with van der Waals surface area (Å²) in [5, 5.41) is 0. The van der Waals surface area contributed by atoms with Gasteiger partial charge in [-0.2, -0.15) is 4.39 Å². The zero-order valence-corrected chi connectivity index (χ0v) is 15.5. The van der Waals surface area contributed by atoms with E-state index in [1.807, 2.05) is 0 Å². The van der Waals surface area contributed by atoms with Gasteiger partial charge in [0.05, 0.1) is 17.9 Å². The molecular formula is C20H21F3N2O3. The van der Waals surface area contributed by atoms with E-state index < -0.39 is 29.5 Å². The molecule has 0 aliphatic carbocycles. The number of likely N-dealkylation sites (tertiary alicyclic amines) is 1. The molecule has 1 amide bonds. The number of nitrogens with two attached hydrogens (primary N) is 1. The van der Waals surface area contributed by atoms with Gasteiger partial charge in [0.1, 0.15) is 17.7 Å². The zero-order chi connectivity index (χ0) is 20.4. The highest BCUT2D eigenvalue weighted by atomic mass is 19.2. The van der Waals surface area contributed by atoms with Crippen LogP contribution in [0.5, 0.6) is 11.5 Å². The maximum Gasteiger partial charge on any atom is 0.256 e. The molecule has 5 nitrogen and oxygen atoms in total. The molecule has 0 radical (unpaired) electrons. The molecule has 2 N–H and O–H groups in total. The number of nitrogens with zero attached hydrogens (tertiary/aromatic N) is 1. The number of rotatable bonds is 6. The van der Waals surface area contributed by atoms with Crippen molar-refractivity contribution in [2.75, 3.05) is 25.4 Å². The standard InChI is InChI=1S/C20H21F3N2O3/c1-3-27-18-8-15(22)13(7-16(18)24)20(26)25-9-12(10-25)11(2)28-17-6-4-5-14(21)19(17)23/h4-8,11-12H,3,9-10,24H2,1-2H3. The lowest BCUT2D eigenvalue weighted by Gasteiger charge is -2.42. The lowest BCUT2D eigenvalue weighted by molar-refractivity contribution is 0.0157. The summed E-state index contributed by atoms with van der Waals surface area (Å²) in [6.45, 7) is 4.41. The summed E-state index contributed by atoms with van der Waals surface area (Å²) in [4.78, 5) is 14.0. The molecule has 150 valence electrons. The van der Waals surface area contributed by atoms with Gasteiger partial charge in [-0.05, 0) is 32.0 Å². The number of hydrogen-bond donors (Lipinski definition) is 1. The van der Waals surface area contributed by atoms with Gasteiger partial charge in [0.25, 0.3) is 5.91 Å². The maximum atomic E-state index is 14.3. The Bertz CT molecular complexity index is 885. The van der Waals surface area contributed by atoms with E-state index in [1.165, 1.54) is 23.1 Å². The number of hydrogen-bond acceptors (Lipinski definition) is 4. The topological polar surface area (TPSA) is 64.8 Å². The van der Waals surface area contributed by atoms with Crippen LogP contribution in [0.3, 0.4) is 0 Å². The maximum absolute atomic E-state index is 14.3. The normalized spacial score (nSPS) is 15.1. The van der Waals surface area contributed by atoms with Crippen molar-refractivity contribution in [1.29, 1.82) is 0 Å². The number of carbonyl (C=O) groups is 1. The number of anilines is 1. The third kappa shape index (κ3) is 3.85. The zero-order valence-electron chi connectivity index (χ0n) is 15.5. The summed E-state index contributed by atoms with van der Waals surface area (Å²) in [6.07, 6.45) is -0.449. The molecule has 1 aliphatic rings. The van der Waals surface area contributed by atoms with Gasteiger partial charge in [0.15, 0.2) is 11.6 Å². The first-order valence-electron chi connectivity index (χ1n) is 8.93. The fraction of sp³-hybridized carbons (Fsp3) is 0.350. The second kappa shape index (κ2) is 8.00. The molecule has 0 aromatic heterocycles. The lowest BCUT2D eigenvalue weighted by atomic mass is 9.93. The first kappa shape index (κ1) is 19.9. The summed E-state index contributed by atoms with van der Waals surface area (Å²) >= 11 is 0. The van der Waals surface area contributed by atoms with Crippen LogP contribution in [-0.2, 0) is 0 Å². The van der Waals surface area contributed by atoms with Gasteiger partial charge in [-0.25, -0.2) is 8.78 Å². The molecule has 1 unspecified atom stereocenters. The molecule has 1 atom stereocenters. The second-order valence-corrected chi connectivity index (χ2v) is 6.65. The van der Waals surface area contributed by atoms with Crippen LogP contribution in [0.25, 0.3) is 0 Å². The number of carbonyl (C=O) groups excluding carboxylic acids is 1. The van der Waals surface area contributed by atoms with Crippen LogP contribution < -0.4 is 15.2 Å². The largest absolute Gasteiger partial charge is 0.492 e. The number of halogens is 3. The first-order valence-corrected chi connectivity index (χ1v) is 8.93. The predicted octanol–water partition coefficient (Wildman–Crippen LogP) is 3.62. The molecule has 0 bridgehead atoms. The summed E-state index contributed by atoms with van der Waals surface area (Å²) in [7, 11) is 0. The molecule has 1 aliphatic heterocycles. The fourth-order valence-electron chi connectivity index (χ4n) is 3.03. The highest BCUT2D eigenvalue weighted by molar-refractivity contribution is 5.96. The van der Waals surface area contributed by atoms with Crippen molar-refractivity contribution in [2.45, 2.75) is 20.0 Å². The molecule has 2 aromatic rings. The molecule has 1 fully saturated rings. The van der Waals surface area contributed by atoms with E-state index in [1.54, 1.807) is 13.8 Å². The van der Waals surface area contributed by atoms with Crippen LogP contribution in [0, 0.1) is 23.4 Å². The molecule has 0 spiro atoms. The molecular weight excluding hydrogens is 373 g/mol. The molecule has 28 heavy (non-hydrogen) atoms. The van der Waals surface area contributed by atoms with Gasteiger partial charge in [-0.15, -0.1) is 0 Å². The van der Waals surface area contributed by atoms with E-state index in [2.05, 4.69) is 0 Å².